The van der Waals surface area contributed by atoms with Gasteiger partial charge in [0.15, 0.2) is 0 Å². The van der Waals surface area contributed by atoms with Gasteiger partial charge in [-0.1, -0.05) is 51.1 Å². The minimum Gasteiger partial charge on any atom is -0.495 e. The maximum absolute atomic E-state index is 12.2. The zero-order chi connectivity index (χ0) is 17.7. The number of nitrogens with one attached hydrogen (secondary N) is 1. The highest BCUT2D eigenvalue weighted by Gasteiger charge is 2.13. The van der Waals surface area contributed by atoms with Crippen molar-refractivity contribution >= 4 is 11.6 Å². The normalized spacial score (nSPS) is 11.2. The Kier molecular flexibility index (Phi) is 5.66. The van der Waals surface area contributed by atoms with E-state index in [-0.39, 0.29) is 11.3 Å². The molecule has 1 N–H and O–H groups in total. The van der Waals surface area contributed by atoms with E-state index in [1.807, 2.05) is 25.1 Å². The summed E-state index contributed by atoms with van der Waals surface area (Å²) in [5.74, 6) is 0.683. The summed E-state index contributed by atoms with van der Waals surface area (Å²) in [6.45, 7) is 8.59. The lowest BCUT2D eigenvalue weighted by Crippen LogP contribution is -2.13. The number of carbonyl (C=O) groups excluding carboxylic acids is 1. The topological polar surface area (TPSA) is 38.3 Å². The van der Waals surface area contributed by atoms with Crippen molar-refractivity contribution in [3.63, 3.8) is 0 Å². The van der Waals surface area contributed by atoms with Gasteiger partial charge in [0.25, 0.3) is 0 Å². The standard InChI is InChI=1S/C21H27NO2/c1-15-6-12-19(24-5)18(14-15)22-20(23)13-9-16-7-10-17(11-8-16)21(2,3)4/h6-8,10-12,14H,9,13H2,1-5H3,(H,22,23). The van der Waals surface area contributed by atoms with Crippen LogP contribution >= 0.6 is 0 Å². The Balaban J connectivity index is 1.95. The van der Waals surface area contributed by atoms with E-state index in [1.54, 1.807) is 7.11 Å². The summed E-state index contributed by atoms with van der Waals surface area (Å²) in [6, 6.07) is 14.3. The van der Waals surface area contributed by atoms with Gasteiger partial charge in [-0.15, -0.1) is 0 Å². The maximum atomic E-state index is 12.2. The second-order valence-corrected chi connectivity index (χ2v) is 7.20. The average Bonchev–Trinajstić information content (AvgIpc) is 2.53. The summed E-state index contributed by atoms with van der Waals surface area (Å²) in [4.78, 5) is 12.2. The van der Waals surface area contributed by atoms with Crippen molar-refractivity contribution in [2.45, 2.75) is 46.0 Å². The van der Waals surface area contributed by atoms with Gasteiger partial charge in [0, 0.05) is 6.42 Å². The molecule has 0 radical (unpaired) electrons. The number of ether oxygens (including phenoxy) is 1. The molecule has 0 aliphatic rings. The zero-order valence-corrected chi connectivity index (χ0v) is 15.3. The molecule has 2 rings (SSSR count). The fourth-order valence-corrected chi connectivity index (χ4v) is 2.56. The van der Waals surface area contributed by atoms with Crippen LogP contribution in [0.3, 0.4) is 0 Å². The first kappa shape index (κ1) is 18.1. The van der Waals surface area contributed by atoms with E-state index in [1.165, 1.54) is 11.1 Å². The molecule has 0 unspecified atom stereocenters. The molecular weight excluding hydrogens is 298 g/mol. The van der Waals surface area contributed by atoms with Crippen LogP contribution in [0, 0.1) is 6.92 Å². The second-order valence-electron chi connectivity index (χ2n) is 7.20. The molecule has 2 aromatic carbocycles. The summed E-state index contributed by atoms with van der Waals surface area (Å²) >= 11 is 0. The zero-order valence-electron chi connectivity index (χ0n) is 15.3. The Morgan fingerprint density at radius 3 is 2.33 bits per heavy atom. The lowest BCUT2D eigenvalue weighted by atomic mass is 9.86. The molecule has 0 bridgehead atoms. The highest BCUT2D eigenvalue weighted by molar-refractivity contribution is 5.92. The summed E-state index contributed by atoms with van der Waals surface area (Å²) in [5.41, 5.74) is 4.45. The average molecular weight is 325 g/mol. The number of hydrogen-bond donors (Lipinski definition) is 1. The van der Waals surface area contributed by atoms with Crippen LogP contribution in [0.5, 0.6) is 5.75 Å². The molecule has 3 heteroatoms. The monoisotopic (exact) mass is 325 g/mol. The van der Waals surface area contributed by atoms with E-state index in [0.29, 0.717) is 12.2 Å². The lowest BCUT2D eigenvalue weighted by Gasteiger charge is -2.19. The summed E-state index contributed by atoms with van der Waals surface area (Å²) in [6.07, 6.45) is 1.18. The largest absolute Gasteiger partial charge is 0.495 e. The van der Waals surface area contributed by atoms with Crippen molar-refractivity contribution in [1.29, 1.82) is 0 Å². The van der Waals surface area contributed by atoms with Gasteiger partial charge in [0.2, 0.25) is 5.91 Å². The fourth-order valence-electron chi connectivity index (χ4n) is 2.56. The Labute approximate surface area is 145 Å². The first-order valence-electron chi connectivity index (χ1n) is 8.33. The number of amides is 1. The molecule has 1 amide bonds. The van der Waals surface area contributed by atoms with Crippen LogP contribution in [0.2, 0.25) is 0 Å². The summed E-state index contributed by atoms with van der Waals surface area (Å²) in [5, 5.41) is 2.94. The van der Waals surface area contributed by atoms with E-state index in [4.69, 9.17) is 4.74 Å². The molecule has 0 spiro atoms. The smallest absolute Gasteiger partial charge is 0.224 e. The van der Waals surface area contributed by atoms with Crippen molar-refractivity contribution in [3.05, 3.63) is 59.2 Å². The third-order valence-corrected chi connectivity index (χ3v) is 4.09. The number of rotatable bonds is 5. The van der Waals surface area contributed by atoms with Crippen LogP contribution in [0.15, 0.2) is 42.5 Å². The number of benzene rings is 2. The third-order valence-electron chi connectivity index (χ3n) is 4.09. The number of aryl methyl sites for hydroxylation is 2. The minimum absolute atomic E-state index is 0.00111. The molecule has 2 aromatic rings. The summed E-state index contributed by atoms with van der Waals surface area (Å²) < 4.78 is 5.29. The first-order valence-corrected chi connectivity index (χ1v) is 8.33. The van der Waals surface area contributed by atoms with Crippen molar-refractivity contribution < 1.29 is 9.53 Å². The third kappa shape index (κ3) is 4.85. The van der Waals surface area contributed by atoms with Gasteiger partial charge in [-0.05, 0) is 47.6 Å². The predicted molar refractivity (Wildman–Crippen MR) is 99.8 cm³/mol. The number of carbonyl (C=O) groups is 1. The van der Waals surface area contributed by atoms with Crippen LogP contribution in [-0.4, -0.2) is 13.0 Å². The van der Waals surface area contributed by atoms with Crippen molar-refractivity contribution in [2.24, 2.45) is 0 Å². The molecule has 3 nitrogen and oxygen atoms in total. The maximum Gasteiger partial charge on any atom is 0.224 e. The Morgan fingerprint density at radius 1 is 1.08 bits per heavy atom. The fraction of sp³-hybridized carbons (Fsp3) is 0.381. The van der Waals surface area contributed by atoms with E-state index in [2.05, 4.69) is 50.4 Å². The van der Waals surface area contributed by atoms with Crippen LogP contribution in [0.4, 0.5) is 5.69 Å². The number of methoxy groups -OCH3 is 1. The van der Waals surface area contributed by atoms with Gasteiger partial charge in [0.1, 0.15) is 5.75 Å². The molecule has 0 fully saturated rings. The molecule has 0 saturated carbocycles. The van der Waals surface area contributed by atoms with Gasteiger partial charge >= 0.3 is 0 Å². The van der Waals surface area contributed by atoms with Crippen LogP contribution in [0.1, 0.15) is 43.9 Å². The predicted octanol–water partition coefficient (Wildman–Crippen LogP) is 4.87. The van der Waals surface area contributed by atoms with Gasteiger partial charge in [-0.25, -0.2) is 0 Å². The van der Waals surface area contributed by atoms with Crippen molar-refractivity contribution in [3.8, 4) is 5.75 Å². The SMILES string of the molecule is COc1ccc(C)cc1NC(=O)CCc1ccc(C(C)(C)C)cc1. The molecule has 24 heavy (non-hydrogen) atoms. The van der Waals surface area contributed by atoms with E-state index < -0.39 is 0 Å². The van der Waals surface area contributed by atoms with Crippen molar-refractivity contribution in [1.82, 2.24) is 0 Å². The highest BCUT2D eigenvalue weighted by Crippen LogP contribution is 2.26. The molecule has 0 saturated heterocycles. The lowest BCUT2D eigenvalue weighted by molar-refractivity contribution is -0.116. The molecule has 128 valence electrons. The molecule has 0 aromatic heterocycles. The summed E-state index contributed by atoms with van der Waals surface area (Å²) in [7, 11) is 1.61. The Bertz CT molecular complexity index is 697. The van der Waals surface area contributed by atoms with Gasteiger partial charge in [-0.3, -0.25) is 4.79 Å². The van der Waals surface area contributed by atoms with Crippen LogP contribution < -0.4 is 10.1 Å². The minimum atomic E-state index is -0.00111. The molecule has 0 aliphatic heterocycles. The van der Waals surface area contributed by atoms with Gasteiger partial charge in [-0.2, -0.15) is 0 Å². The van der Waals surface area contributed by atoms with E-state index >= 15 is 0 Å². The van der Waals surface area contributed by atoms with E-state index in [0.717, 1.165) is 17.7 Å². The van der Waals surface area contributed by atoms with E-state index in [9.17, 15) is 4.79 Å². The Hall–Kier alpha value is -2.29. The number of hydrogen-bond acceptors (Lipinski definition) is 2. The number of anilines is 1. The van der Waals surface area contributed by atoms with Crippen LogP contribution in [0.25, 0.3) is 0 Å². The van der Waals surface area contributed by atoms with Crippen LogP contribution in [-0.2, 0) is 16.6 Å². The molecule has 0 aliphatic carbocycles. The highest BCUT2D eigenvalue weighted by atomic mass is 16.5. The molecular formula is C21H27NO2. The first-order chi connectivity index (χ1) is 11.3. The second kappa shape index (κ2) is 7.52. The van der Waals surface area contributed by atoms with Gasteiger partial charge < -0.3 is 10.1 Å². The van der Waals surface area contributed by atoms with Crippen molar-refractivity contribution in [2.75, 3.05) is 12.4 Å². The quantitative estimate of drug-likeness (QED) is 0.851. The molecule has 0 heterocycles. The molecule has 0 atom stereocenters. The Morgan fingerprint density at radius 2 is 1.75 bits per heavy atom. The van der Waals surface area contributed by atoms with Gasteiger partial charge in [0.05, 0.1) is 12.8 Å².